The van der Waals surface area contributed by atoms with Gasteiger partial charge in [-0.15, -0.1) is 0 Å². The van der Waals surface area contributed by atoms with Crippen LogP contribution < -0.4 is 10.6 Å². The van der Waals surface area contributed by atoms with Gasteiger partial charge in [-0.2, -0.15) is 0 Å². The minimum atomic E-state index is 0.290. The van der Waals surface area contributed by atoms with Crippen molar-refractivity contribution in [2.45, 2.75) is 245 Å². The van der Waals surface area contributed by atoms with Gasteiger partial charge < -0.3 is 20.1 Å². The highest BCUT2D eigenvalue weighted by Crippen LogP contribution is 2.16. The molecule has 0 radical (unpaired) electrons. The molecule has 0 fully saturated rings. The highest BCUT2D eigenvalue weighted by atomic mass is 16.5. The molecule has 296 valence electrons. The van der Waals surface area contributed by atoms with E-state index in [2.05, 4.69) is 31.4 Å². The number of hydrogen-bond donors (Lipinski definition) is 2. The third kappa shape index (κ3) is 43.9. The summed E-state index contributed by atoms with van der Waals surface area (Å²) in [6.07, 6.45) is 47.3. The first kappa shape index (κ1) is 48.8. The van der Waals surface area contributed by atoms with Crippen molar-refractivity contribution >= 4 is 0 Å². The fourth-order valence-corrected chi connectivity index (χ4v) is 6.99. The average Bonchev–Trinajstić information content (AvgIpc) is 3.11. The molecule has 0 rings (SSSR count). The second-order valence-electron chi connectivity index (χ2n) is 15.4. The molecule has 0 aliphatic heterocycles. The van der Waals surface area contributed by atoms with Crippen LogP contribution in [0.15, 0.2) is 0 Å². The Kier molecular flexibility index (Phi) is 45.7. The van der Waals surface area contributed by atoms with E-state index in [1.54, 1.807) is 0 Å². The summed E-state index contributed by atoms with van der Waals surface area (Å²) in [5.41, 5.74) is 0. The lowest BCUT2D eigenvalue weighted by Crippen LogP contribution is -2.22. The van der Waals surface area contributed by atoms with Gasteiger partial charge in [-0.05, 0) is 58.3 Å². The Balaban J connectivity index is 3.89. The topological polar surface area (TPSA) is 42.5 Å². The zero-order chi connectivity index (χ0) is 35.4. The van der Waals surface area contributed by atoms with Gasteiger partial charge in [-0.1, -0.05) is 207 Å². The number of unbranched alkanes of at least 4 members (excludes halogenated alkanes) is 29. The second kappa shape index (κ2) is 45.9. The van der Waals surface area contributed by atoms with Crippen LogP contribution in [0.4, 0.5) is 0 Å². The Hall–Kier alpha value is -0.160. The highest BCUT2D eigenvalue weighted by Gasteiger charge is 2.10. The zero-order valence-electron chi connectivity index (χ0n) is 34.4. The van der Waals surface area contributed by atoms with Crippen molar-refractivity contribution in [3.63, 3.8) is 0 Å². The maximum Gasteiger partial charge on any atom is 0.0808 e. The molecule has 0 bridgehead atoms. The van der Waals surface area contributed by atoms with Gasteiger partial charge in [0.25, 0.3) is 0 Å². The largest absolute Gasteiger partial charge is 0.379 e. The van der Waals surface area contributed by atoms with E-state index in [1.165, 1.54) is 212 Å². The molecule has 0 saturated heterocycles. The normalized spacial score (nSPS) is 12.3. The van der Waals surface area contributed by atoms with Crippen LogP contribution in [0.25, 0.3) is 0 Å². The Labute approximate surface area is 310 Å². The van der Waals surface area contributed by atoms with Gasteiger partial charge in [0, 0.05) is 13.2 Å². The van der Waals surface area contributed by atoms with E-state index < -0.39 is 0 Å². The van der Waals surface area contributed by atoms with Gasteiger partial charge in [0.1, 0.15) is 0 Å². The van der Waals surface area contributed by atoms with Crippen LogP contribution in [0.1, 0.15) is 239 Å². The summed E-state index contributed by atoms with van der Waals surface area (Å²) >= 11 is 0. The van der Waals surface area contributed by atoms with E-state index in [9.17, 15) is 0 Å². The molecule has 0 heterocycles. The summed E-state index contributed by atoms with van der Waals surface area (Å²) in [6, 6.07) is 0. The molecule has 0 aromatic heterocycles. The van der Waals surface area contributed by atoms with Gasteiger partial charge in [0.05, 0.1) is 12.7 Å². The average molecular weight is 695 g/mol. The summed E-state index contributed by atoms with van der Waals surface area (Å²) < 4.78 is 12.6. The van der Waals surface area contributed by atoms with Crippen LogP contribution in [-0.4, -0.2) is 52.1 Å². The predicted octanol–water partition coefficient (Wildman–Crippen LogP) is 13.9. The van der Waals surface area contributed by atoms with Crippen molar-refractivity contribution in [1.82, 2.24) is 10.6 Å². The van der Waals surface area contributed by atoms with Crippen molar-refractivity contribution < 1.29 is 9.47 Å². The molecule has 0 aromatic carbocycles. The maximum atomic E-state index is 6.42. The van der Waals surface area contributed by atoms with E-state index in [4.69, 9.17) is 9.47 Å². The molecule has 1 atom stereocenters. The number of rotatable bonds is 45. The van der Waals surface area contributed by atoms with Gasteiger partial charge in [0.2, 0.25) is 0 Å². The smallest absolute Gasteiger partial charge is 0.0808 e. The van der Waals surface area contributed by atoms with Crippen molar-refractivity contribution in [3.8, 4) is 0 Å². The Bertz CT molecular complexity index is 560. The summed E-state index contributed by atoms with van der Waals surface area (Å²) in [5.74, 6) is 0. The van der Waals surface area contributed by atoms with Crippen LogP contribution in [-0.2, 0) is 9.47 Å². The first-order valence-electron chi connectivity index (χ1n) is 23.0. The van der Waals surface area contributed by atoms with Gasteiger partial charge in [-0.3, -0.25) is 0 Å². The van der Waals surface area contributed by atoms with Crippen molar-refractivity contribution in [3.05, 3.63) is 0 Å². The third-order valence-corrected chi connectivity index (χ3v) is 10.4. The molecule has 0 aliphatic rings. The molecule has 0 amide bonds. The number of nitrogens with one attached hydrogen (secondary N) is 2. The van der Waals surface area contributed by atoms with E-state index >= 15 is 0 Å². The molecule has 1 unspecified atom stereocenters. The molecule has 0 aromatic rings. The summed E-state index contributed by atoms with van der Waals surface area (Å²) in [6.45, 7) is 13.9. The van der Waals surface area contributed by atoms with Crippen molar-refractivity contribution in [2.75, 3.05) is 46.0 Å². The molecule has 4 heteroatoms. The first-order chi connectivity index (χ1) is 24.3. The minimum absolute atomic E-state index is 0.290. The van der Waals surface area contributed by atoms with E-state index in [-0.39, 0.29) is 6.10 Å². The lowest BCUT2D eigenvalue weighted by Gasteiger charge is -2.18. The van der Waals surface area contributed by atoms with Crippen LogP contribution in [0.5, 0.6) is 0 Å². The molecule has 0 saturated carbocycles. The Morgan fingerprint density at radius 2 is 0.714 bits per heavy atom. The number of ether oxygens (including phenoxy) is 2. The Morgan fingerprint density at radius 1 is 0.347 bits per heavy atom. The zero-order valence-corrected chi connectivity index (χ0v) is 34.4. The molecule has 0 spiro atoms. The van der Waals surface area contributed by atoms with Crippen LogP contribution >= 0.6 is 0 Å². The Morgan fingerprint density at radius 3 is 1.18 bits per heavy atom. The number of hydrogen-bond acceptors (Lipinski definition) is 4. The summed E-state index contributed by atoms with van der Waals surface area (Å²) in [5, 5.41) is 7.01. The molecule has 0 aliphatic carbocycles. The summed E-state index contributed by atoms with van der Waals surface area (Å²) in [4.78, 5) is 0. The molecule has 49 heavy (non-hydrogen) atoms. The van der Waals surface area contributed by atoms with Gasteiger partial charge >= 0.3 is 0 Å². The van der Waals surface area contributed by atoms with Gasteiger partial charge in [0.15, 0.2) is 0 Å². The quantitative estimate of drug-likeness (QED) is 0.0623. The van der Waals surface area contributed by atoms with Crippen LogP contribution in [0, 0.1) is 0 Å². The van der Waals surface area contributed by atoms with Crippen LogP contribution in [0.2, 0.25) is 0 Å². The molecular formula is C45H94N2O2. The summed E-state index contributed by atoms with van der Waals surface area (Å²) in [7, 11) is 0. The lowest BCUT2D eigenvalue weighted by atomic mass is 10.0. The molecular weight excluding hydrogens is 601 g/mol. The first-order valence-corrected chi connectivity index (χ1v) is 23.0. The maximum absolute atomic E-state index is 6.42. The predicted molar refractivity (Wildman–Crippen MR) is 220 cm³/mol. The van der Waals surface area contributed by atoms with Gasteiger partial charge in [-0.25, -0.2) is 0 Å². The highest BCUT2D eigenvalue weighted by molar-refractivity contribution is 4.60. The van der Waals surface area contributed by atoms with Crippen molar-refractivity contribution in [2.24, 2.45) is 0 Å². The van der Waals surface area contributed by atoms with E-state index in [1.807, 2.05) is 0 Å². The SMILES string of the molecule is CCCCCCCCCCCCCCCCOCC(CCCCCCNCCCNCC)OCCCCCCCCCCCCCCCC. The minimum Gasteiger partial charge on any atom is -0.379 e. The van der Waals surface area contributed by atoms with E-state index in [0.29, 0.717) is 0 Å². The van der Waals surface area contributed by atoms with Crippen molar-refractivity contribution in [1.29, 1.82) is 0 Å². The van der Waals surface area contributed by atoms with Crippen LogP contribution in [0.3, 0.4) is 0 Å². The molecule has 2 N–H and O–H groups in total. The second-order valence-corrected chi connectivity index (χ2v) is 15.4. The van der Waals surface area contributed by atoms with E-state index in [0.717, 1.165) is 52.4 Å². The monoisotopic (exact) mass is 695 g/mol. The molecule has 4 nitrogen and oxygen atoms in total. The third-order valence-electron chi connectivity index (χ3n) is 10.4. The fraction of sp³-hybridized carbons (Fsp3) is 1.00. The standard InChI is InChI=1S/C45H94N2O2/c1-4-7-9-11-13-15-17-19-21-23-25-27-31-35-42-48-44-45(38-33-29-30-34-39-47-41-37-40-46-6-3)49-43-36-32-28-26-24-22-20-18-16-14-12-10-8-5-2/h45-47H,4-44H2,1-3H3. The lowest BCUT2D eigenvalue weighted by molar-refractivity contribution is -0.0235. The fourth-order valence-electron chi connectivity index (χ4n) is 6.99.